The summed E-state index contributed by atoms with van der Waals surface area (Å²) in [7, 11) is 1.67. The lowest BCUT2D eigenvalue weighted by Gasteiger charge is -2.09. The summed E-state index contributed by atoms with van der Waals surface area (Å²) in [6.07, 6.45) is 1.24. The van der Waals surface area contributed by atoms with Gasteiger partial charge in [0.2, 0.25) is 5.91 Å². The quantitative estimate of drug-likeness (QED) is 0.843. The number of anilines is 1. The summed E-state index contributed by atoms with van der Waals surface area (Å²) in [6.45, 7) is 1.11. The lowest BCUT2D eigenvalue weighted by atomic mass is 10.1. The number of methoxy groups -OCH3 is 1. The number of ether oxygens (including phenoxy) is 2. The molecule has 1 aromatic rings. The second-order valence-electron chi connectivity index (χ2n) is 3.72. The number of carbonyl (C=O) groups is 1. The Bertz CT molecular complexity index is 390. The average molecular weight is 221 g/mol. The van der Waals surface area contributed by atoms with Crippen LogP contribution in [-0.4, -0.2) is 26.2 Å². The summed E-state index contributed by atoms with van der Waals surface area (Å²) in [5, 5.41) is 2.83. The van der Waals surface area contributed by atoms with Crippen LogP contribution in [0.4, 0.5) is 5.69 Å². The van der Waals surface area contributed by atoms with Gasteiger partial charge in [-0.3, -0.25) is 4.79 Å². The number of benzene rings is 1. The zero-order valence-corrected chi connectivity index (χ0v) is 9.29. The average Bonchev–Trinajstić information content (AvgIpc) is 2.46. The van der Waals surface area contributed by atoms with Gasteiger partial charge < -0.3 is 14.8 Å². The highest BCUT2D eigenvalue weighted by molar-refractivity contribution is 5.93. The highest BCUT2D eigenvalue weighted by atomic mass is 16.5. The SMILES string of the molecule is COCCc1ccc2c(c1)NC(=O)CCO2. The van der Waals surface area contributed by atoms with E-state index in [0.29, 0.717) is 19.6 Å². The maximum Gasteiger partial charge on any atom is 0.227 e. The van der Waals surface area contributed by atoms with Crippen LogP contribution in [0.1, 0.15) is 12.0 Å². The first-order valence-corrected chi connectivity index (χ1v) is 5.34. The van der Waals surface area contributed by atoms with Crippen molar-refractivity contribution in [2.24, 2.45) is 0 Å². The van der Waals surface area contributed by atoms with Crippen LogP contribution in [0.5, 0.6) is 5.75 Å². The lowest BCUT2D eigenvalue weighted by molar-refractivity contribution is -0.116. The predicted molar refractivity (Wildman–Crippen MR) is 60.8 cm³/mol. The van der Waals surface area contributed by atoms with Gasteiger partial charge in [-0.15, -0.1) is 0 Å². The highest BCUT2D eigenvalue weighted by Gasteiger charge is 2.13. The van der Waals surface area contributed by atoms with Crippen molar-refractivity contribution in [1.29, 1.82) is 0 Å². The molecule has 0 atom stereocenters. The van der Waals surface area contributed by atoms with Crippen LogP contribution in [0, 0.1) is 0 Å². The Balaban J connectivity index is 2.19. The minimum absolute atomic E-state index is 0.00245. The van der Waals surface area contributed by atoms with Crippen LogP contribution >= 0.6 is 0 Å². The molecule has 1 amide bonds. The van der Waals surface area contributed by atoms with Crippen LogP contribution < -0.4 is 10.1 Å². The van der Waals surface area contributed by atoms with E-state index in [1.807, 2.05) is 18.2 Å². The number of fused-ring (bicyclic) bond motifs is 1. The fourth-order valence-electron chi connectivity index (χ4n) is 1.64. The molecule has 1 N–H and O–H groups in total. The van der Waals surface area contributed by atoms with Crippen LogP contribution in [0.3, 0.4) is 0 Å². The second-order valence-corrected chi connectivity index (χ2v) is 3.72. The molecule has 4 nitrogen and oxygen atoms in total. The van der Waals surface area contributed by atoms with Gasteiger partial charge in [0.25, 0.3) is 0 Å². The van der Waals surface area contributed by atoms with Crippen LogP contribution in [0.25, 0.3) is 0 Å². The molecule has 0 aromatic heterocycles. The number of amides is 1. The molecule has 4 heteroatoms. The molecule has 1 aromatic carbocycles. The van der Waals surface area contributed by atoms with E-state index in [0.717, 1.165) is 23.4 Å². The third kappa shape index (κ3) is 2.52. The smallest absolute Gasteiger partial charge is 0.227 e. The van der Waals surface area contributed by atoms with Gasteiger partial charge in [-0.1, -0.05) is 6.07 Å². The molecule has 0 spiro atoms. The number of rotatable bonds is 3. The van der Waals surface area contributed by atoms with Crippen molar-refractivity contribution < 1.29 is 14.3 Å². The second kappa shape index (κ2) is 4.99. The first kappa shape index (κ1) is 11.0. The maximum absolute atomic E-state index is 11.4. The number of hydrogen-bond donors (Lipinski definition) is 1. The number of hydrogen-bond acceptors (Lipinski definition) is 3. The van der Waals surface area contributed by atoms with Crippen LogP contribution in [0.15, 0.2) is 18.2 Å². The van der Waals surface area contributed by atoms with Crippen molar-refractivity contribution in [1.82, 2.24) is 0 Å². The first-order chi connectivity index (χ1) is 7.79. The minimum atomic E-state index is 0.00245. The molecule has 0 saturated heterocycles. The monoisotopic (exact) mass is 221 g/mol. The van der Waals surface area contributed by atoms with E-state index in [2.05, 4.69) is 5.32 Å². The Morgan fingerprint density at radius 3 is 3.19 bits per heavy atom. The Morgan fingerprint density at radius 1 is 1.50 bits per heavy atom. The Hall–Kier alpha value is -1.55. The van der Waals surface area contributed by atoms with Crippen LogP contribution in [0.2, 0.25) is 0 Å². The molecule has 0 aliphatic carbocycles. The van der Waals surface area contributed by atoms with Gasteiger partial charge in [0.05, 0.1) is 25.3 Å². The molecule has 16 heavy (non-hydrogen) atoms. The predicted octanol–water partition coefficient (Wildman–Crippen LogP) is 1.60. The van der Waals surface area contributed by atoms with Gasteiger partial charge in [-0.25, -0.2) is 0 Å². The van der Waals surface area contributed by atoms with Gasteiger partial charge in [-0.05, 0) is 24.1 Å². The zero-order valence-electron chi connectivity index (χ0n) is 9.29. The zero-order chi connectivity index (χ0) is 11.4. The third-order valence-electron chi connectivity index (χ3n) is 2.50. The standard InChI is InChI=1S/C12H15NO3/c1-15-6-4-9-2-3-11-10(8-9)13-12(14)5-7-16-11/h2-3,8H,4-7H2,1H3,(H,13,14). The molecule has 0 radical (unpaired) electrons. The van der Waals surface area contributed by atoms with Crippen molar-refractivity contribution >= 4 is 11.6 Å². The van der Waals surface area contributed by atoms with Crippen molar-refractivity contribution in [2.45, 2.75) is 12.8 Å². The Labute approximate surface area is 94.6 Å². The maximum atomic E-state index is 11.4. The van der Waals surface area contributed by atoms with Gasteiger partial charge in [0.15, 0.2) is 0 Å². The highest BCUT2D eigenvalue weighted by Crippen LogP contribution is 2.28. The van der Waals surface area contributed by atoms with Gasteiger partial charge in [-0.2, -0.15) is 0 Å². The van der Waals surface area contributed by atoms with Gasteiger partial charge in [0.1, 0.15) is 5.75 Å². The van der Waals surface area contributed by atoms with E-state index in [1.165, 1.54) is 0 Å². The summed E-state index contributed by atoms with van der Waals surface area (Å²) in [5.41, 5.74) is 1.89. The van der Waals surface area contributed by atoms with Crippen molar-refractivity contribution in [3.05, 3.63) is 23.8 Å². The van der Waals surface area contributed by atoms with E-state index in [-0.39, 0.29) is 5.91 Å². The normalized spacial score (nSPS) is 14.7. The molecule has 0 unspecified atom stereocenters. The van der Waals surface area contributed by atoms with Crippen molar-refractivity contribution in [2.75, 3.05) is 25.6 Å². The molecular formula is C12H15NO3. The summed E-state index contributed by atoms with van der Waals surface area (Å²) in [4.78, 5) is 11.4. The van der Waals surface area contributed by atoms with Crippen LogP contribution in [-0.2, 0) is 16.0 Å². The molecule has 0 saturated carbocycles. The molecule has 86 valence electrons. The van der Waals surface area contributed by atoms with Gasteiger partial charge >= 0.3 is 0 Å². The molecule has 1 heterocycles. The fraction of sp³-hybridized carbons (Fsp3) is 0.417. The fourth-order valence-corrected chi connectivity index (χ4v) is 1.64. The molecule has 0 bridgehead atoms. The molecule has 1 aliphatic rings. The minimum Gasteiger partial charge on any atom is -0.491 e. The number of nitrogens with one attached hydrogen (secondary N) is 1. The third-order valence-corrected chi connectivity index (χ3v) is 2.50. The first-order valence-electron chi connectivity index (χ1n) is 5.34. The Kier molecular flexibility index (Phi) is 3.41. The molecule has 2 rings (SSSR count). The summed E-state index contributed by atoms with van der Waals surface area (Å²) >= 11 is 0. The largest absolute Gasteiger partial charge is 0.491 e. The van der Waals surface area contributed by atoms with E-state index >= 15 is 0 Å². The summed E-state index contributed by atoms with van der Waals surface area (Å²) in [6, 6.07) is 5.83. The topological polar surface area (TPSA) is 47.6 Å². The van der Waals surface area contributed by atoms with E-state index in [1.54, 1.807) is 7.11 Å². The number of carbonyl (C=O) groups excluding carboxylic acids is 1. The molecule has 1 aliphatic heterocycles. The van der Waals surface area contributed by atoms with Crippen molar-refractivity contribution in [3.8, 4) is 5.75 Å². The van der Waals surface area contributed by atoms with Gasteiger partial charge in [0, 0.05) is 7.11 Å². The van der Waals surface area contributed by atoms with E-state index in [9.17, 15) is 4.79 Å². The summed E-state index contributed by atoms with van der Waals surface area (Å²) < 4.78 is 10.5. The molecule has 0 fully saturated rings. The lowest BCUT2D eigenvalue weighted by Crippen LogP contribution is -2.10. The van der Waals surface area contributed by atoms with E-state index in [4.69, 9.17) is 9.47 Å². The van der Waals surface area contributed by atoms with Crippen molar-refractivity contribution in [3.63, 3.8) is 0 Å². The van der Waals surface area contributed by atoms with E-state index < -0.39 is 0 Å². The molecular weight excluding hydrogens is 206 g/mol. The Morgan fingerprint density at radius 2 is 2.38 bits per heavy atom. The summed E-state index contributed by atoms with van der Waals surface area (Å²) in [5.74, 6) is 0.745.